The highest BCUT2D eigenvalue weighted by atomic mass is 33.1. The molecule has 0 amide bonds. The Balaban J connectivity index is 0.00000154. The number of nitrogens with one attached hydrogen (secondary N) is 1. The van der Waals surface area contributed by atoms with Crippen molar-refractivity contribution in [2.24, 2.45) is 5.92 Å². The number of hydrogen-bond donors (Lipinski definition) is 1. The van der Waals surface area contributed by atoms with Crippen molar-refractivity contribution in [2.75, 3.05) is 19.3 Å². The van der Waals surface area contributed by atoms with Crippen LogP contribution in [-0.2, 0) is 0 Å². The van der Waals surface area contributed by atoms with Crippen molar-refractivity contribution in [1.82, 2.24) is 5.32 Å². The van der Waals surface area contributed by atoms with Crippen molar-refractivity contribution in [1.29, 1.82) is 0 Å². The molecule has 0 aliphatic carbocycles. The molecular weight excluding hydrogens is 274 g/mol. The second kappa shape index (κ2) is 11.4. The molecule has 0 aliphatic heterocycles. The minimum atomic E-state index is 0.0681. The summed E-state index contributed by atoms with van der Waals surface area (Å²) in [6, 6.07) is 7.88. The molecule has 0 bridgehead atoms. The van der Waals surface area contributed by atoms with Crippen molar-refractivity contribution in [3.05, 3.63) is 29.8 Å². The van der Waals surface area contributed by atoms with E-state index in [-0.39, 0.29) is 11.7 Å². The summed E-state index contributed by atoms with van der Waals surface area (Å²) >= 11 is 0. The van der Waals surface area contributed by atoms with E-state index >= 15 is 0 Å². The van der Waals surface area contributed by atoms with E-state index in [2.05, 4.69) is 5.32 Å². The van der Waals surface area contributed by atoms with Gasteiger partial charge in [0.15, 0.2) is 5.78 Å². The van der Waals surface area contributed by atoms with E-state index in [4.69, 9.17) is 0 Å². The number of carbonyl (C=O) groups is 1. The van der Waals surface area contributed by atoms with Crippen LogP contribution < -0.4 is 5.32 Å². The zero-order valence-corrected chi connectivity index (χ0v) is 14.2. The van der Waals surface area contributed by atoms with Gasteiger partial charge in [0.2, 0.25) is 0 Å². The fourth-order valence-corrected chi connectivity index (χ4v) is 3.26. The van der Waals surface area contributed by atoms with Gasteiger partial charge in [-0.25, -0.2) is 0 Å². The molecule has 0 atom stereocenters. The van der Waals surface area contributed by atoms with Gasteiger partial charge in [0.1, 0.15) is 0 Å². The summed E-state index contributed by atoms with van der Waals surface area (Å²) in [4.78, 5) is 12.9. The lowest BCUT2D eigenvalue weighted by Crippen LogP contribution is -2.09. The van der Waals surface area contributed by atoms with Gasteiger partial charge in [0, 0.05) is 28.7 Å². The predicted octanol–water partition coefficient (Wildman–Crippen LogP) is 4.51. The van der Waals surface area contributed by atoms with E-state index < -0.39 is 0 Å². The molecule has 0 aliphatic rings. The molecule has 1 aromatic carbocycles. The van der Waals surface area contributed by atoms with Gasteiger partial charge in [0.25, 0.3) is 0 Å². The molecule has 4 heteroatoms. The van der Waals surface area contributed by atoms with Crippen molar-refractivity contribution in [2.45, 2.75) is 32.6 Å². The first kappa shape index (κ1) is 18.6. The van der Waals surface area contributed by atoms with Crippen LogP contribution in [0.2, 0.25) is 0 Å². The zero-order chi connectivity index (χ0) is 14.7. The van der Waals surface area contributed by atoms with E-state index in [0.717, 1.165) is 17.9 Å². The van der Waals surface area contributed by atoms with E-state index in [0.29, 0.717) is 0 Å². The van der Waals surface area contributed by atoms with Gasteiger partial charge in [0.05, 0.1) is 0 Å². The average molecular weight is 300 g/mol. The standard InChI is InChI=1S/C13H19NOS2.C2H6/c1-10(2)13(15)11-4-6-12(7-5-11)17-16-9-8-14-3;1-2/h4-7,10,14H,8-9H2,1-3H3;1-2H3. The Morgan fingerprint density at radius 1 is 1.21 bits per heavy atom. The Labute approximate surface area is 125 Å². The molecule has 0 saturated heterocycles. The smallest absolute Gasteiger partial charge is 0.165 e. The summed E-state index contributed by atoms with van der Waals surface area (Å²) in [6.45, 7) is 8.87. The maximum atomic E-state index is 11.7. The average Bonchev–Trinajstić information content (AvgIpc) is 2.45. The second-order valence-electron chi connectivity index (χ2n) is 4.05. The summed E-state index contributed by atoms with van der Waals surface area (Å²) in [5, 5.41) is 3.11. The molecule has 1 N–H and O–H groups in total. The molecule has 0 aromatic heterocycles. The first-order valence-corrected chi connectivity index (χ1v) is 9.05. The SMILES string of the molecule is CC.CNCCSSc1ccc(C(=O)C(C)C)cc1. The molecule has 0 spiro atoms. The first-order valence-electron chi connectivity index (χ1n) is 6.73. The normalized spacial score (nSPS) is 10.0. The monoisotopic (exact) mass is 299 g/mol. The van der Waals surface area contributed by atoms with Gasteiger partial charge in [-0.2, -0.15) is 0 Å². The van der Waals surface area contributed by atoms with Crippen molar-refractivity contribution >= 4 is 27.4 Å². The van der Waals surface area contributed by atoms with Gasteiger partial charge in [-0.1, -0.05) is 61.4 Å². The van der Waals surface area contributed by atoms with Crippen LogP contribution in [0.25, 0.3) is 0 Å². The Kier molecular flexibility index (Phi) is 11.1. The zero-order valence-electron chi connectivity index (χ0n) is 12.5. The number of rotatable bonds is 7. The Hall–Kier alpha value is -0.450. The topological polar surface area (TPSA) is 29.1 Å². The van der Waals surface area contributed by atoms with Gasteiger partial charge in [-0.3, -0.25) is 4.79 Å². The largest absolute Gasteiger partial charge is 0.319 e. The number of Topliss-reactive ketones (excluding diaryl/α,β-unsaturated/α-hetero) is 1. The molecule has 1 aromatic rings. The van der Waals surface area contributed by atoms with Gasteiger partial charge >= 0.3 is 0 Å². The van der Waals surface area contributed by atoms with Crippen LogP contribution in [0.3, 0.4) is 0 Å². The van der Waals surface area contributed by atoms with Crippen LogP contribution in [-0.4, -0.2) is 25.1 Å². The third-order valence-electron chi connectivity index (χ3n) is 2.25. The lowest BCUT2D eigenvalue weighted by atomic mass is 10.0. The van der Waals surface area contributed by atoms with Crippen molar-refractivity contribution < 1.29 is 4.79 Å². The first-order chi connectivity index (χ1) is 9.15. The third kappa shape index (κ3) is 7.65. The molecule has 0 saturated carbocycles. The molecule has 0 unspecified atom stereocenters. The van der Waals surface area contributed by atoms with Crippen molar-refractivity contribution in [3.8, 4) is 0 Å². The highest BCUT2D eigenvalue weighted by Gasteiger charge is 2.09. The van der Waals surface area contributed by atoms with Gasteiger partial charge in [-0.05, 0) is 19.2 Å². The minimum absolute atomic E-state index is 0.0681. The maximum absolute atomic E-state index is 11.7. The number of hydrogen-bond acceptors (Lipinski definition) is 4. The highest BCUT2D eigenvalue weighted by Crippen LogP contribution is 2.30. The van der Waals surface area contributed by atoms with E-state index in [1.807, 2.05) is 69.8 Å². The lowest BCUT2D eigenvalue weighted by Gasteiger charge is -2.05. The minimum Gasteiger partial charge on any atom is -0.319 e. The van der Waals surface area contributed by atoms with Gasteiger partial charge < -0.3 is 5.32 Å². The number of ketones is 1. The lowest BCUT2D eigenvalue weighted by molar-refractivity contribution is 0.0939. The van der Waals surface area contributed by atoms with E-state index in [1.54, 1.807) is 10.8 Å². The summed E-state index contributed by atoms with van der Waals surface area (Å²) in [6.07, 6.45) is 0. The summed E-state index contributed by atoms with van der Waals surface area (Å²) in [5.41, 5.74) is 0.810. The molecule has 0 radical (unpaired) electrons. The number of carbonyl (C=O) groups excluding carboxylic acids is 1. The maximum Gasteiger partial charge on any atom is 0.165 e. The van der Waals surface area contributed by atoms with Crippen LogP contribution in [0.5, 0.6) is 0 Å². The summed E-state index contributed by atoms with van der Waals surface area (Å²) in [7, 11) is 5.53. The summed E-state index contributed by atoms with van der Waals surface area (Å²) < 4.78 is 0. The molecule has 2 nitrogen and oxygen atoms in total. The van der Waals surface area contributed by atoms with E-state index in [9.17, 15) is 4.79 Å². The molecule has 0 heterocycles. The third-order valence-corrected chi connectivity index (χ3v) is 4.64. The fraction of sp³-hybridized carbons (Fsp3) is 0.533. The summed E-state index contributed by atoms with van der Waals surface area (Å²) in [5.74, 6) is 1.36. The second-order valence-corrected chi connectivity index (χ2v) is 6.54. The Morgan fingerprint density at radius 2 is 1.79 bits per heavy atom. The van der Waals surface area contributed by atoms with Crippen LogP contribution in [0.15, 0.2) is 29.2 Å². The molecule has 19 heavy (non-hydrogen) atoms. The van der Waals surface area contributed by atoms with Gasteiger partial charge in [-0.15, -0.1) is 0 Å². The van der Waals surface area contributed by atoms with Crippen LogP contribution >= 0.6 is 21.6 Å². The quantitative estimate of drug-likeness (QED) is 0.455. The van der Waals surface area contributed by atoms with Crippen molar-refractivity contribution in [3.63, 3.8) is 0 Å². The molecule has 108 valence electrons. The predicted molar refractivity (Wildman–Crippen MR) is 89.2 cm³/mol. The molecule has 0 fully saturated rings. The van der Waals surface area contributed by atoms with E-state index in [1.165, 1.54) is 4.90 Å². The molecular formula is C15H25NOS2. The number of benzene rings is 1. The Morgan fingerprint density at radius 3 is 2.26 bits per heavy atom. The van der Waals surface area contributed by atoms with Crippen LogP contribution in [0, 0.1) is 5.92 Å². The van der Waals surface area contributed by atoms with Crippen LogP contribution in [0.1, 0.15) is 38.1 Å². The fourth-order valence-electron chi connectivity index (χ4n) is 1.26. The van der Waals surface area contributed by atoms with Crippen LogP contribution in [0.4, 0.5) is 0 Å². The molecule has 1 rings (SSSR count). The highest BCUT2D eigenvalue weighted by molar-refractivity contribution is 8.76. The Bertz CT molecular complexity index is 350.